The molecule has 1 unspecified atom stereocenters. The SMILES string of the molecule is COC(=O)C(C)(Nc1cccc(OC)c1)c1ccncc1. The van der Waals surface area contributed by atoms with E-state index in [1.54, 1.807) is 38.6 Å². The molecule has 0 fully saturated rings. The van der Waals surface area contributed by atoms with Gasteiger partial charge in [-0.15, -0.1) is 0 Å². The van der Waals surface area contributed by atoms with Gasteiger partial charge in [-0.1, -0.05) is 6.07 Å². The van der Waals surface area contributed by atoms with Crippen molar-refractivity contribution in [2.75, 3.05) is 19.5 Å². The summed E-state index contributed by atoms with van der Waals surface area (Å²) in [5.74, 6) is 0.332. The molecule has 1 atom stereocenters. The summed E-state index contributed by atoms with van der Waals surface area (Å²) in [5, 5.41) is 3.21. The first-order valence-electron chi connectivity index (χ1n) is 6.51. The van der Waals surface area contributed by atoms with Crippen LogP contribution in [0.2, 0.25) is 0 Å². The fourth-order valence-electron chi connectivity index (χ4n) is 2.12. The van der Waals surface area contributed by atoms with Crippen LogP contribution < -0.4 is 10.1 Å². The Hall–Kier alpha value is -2.56. The number of hydrogen-bond acceptors (Lipinski definition) is 5. The number of anilines is 1. The van der Waals surface area contributed by atoms with Gasteiger partial charge in [-0.25, -0.2) is 4.79 Å². The van der Waals surface area contributed by atoms with Gasteiger partial charge in [0.05, 0.1) is 14.2 Å². The molecule has 21 heavy (non-hydrogen) atoms. The van der Waals surface area contributed by atoms with E-state index >= 15 is 0 Å². The Bertz CT molecular complexity index is 616. The zero-order chi connectivity index (χ0) is 15.3. The Balaban J connectivity index is 2.39. The molecule has 2 rings (SSSR count). The third kappa shape index (κ3) is 3.13. The van der Waals surface area contributed by atoms with Gasteiger partial charge < -0.3 is 14.8 Å². The second-order valence-electron chi connectivity index (χ2n) is 4.71. The number of nitrogens with zero attached hydrogens (tertiary/aromatic N) is 1. The third-order valence-electron chi connectivity index (χ3n) is 3.32. The number of carbonyl (C=O) groups excluding carboxylic acids is 1. The first kappa shape index (κ1) is 14.8. The van der Waals surface area contributed by atoms with Gasteiger partial charge in [0.15, 0.2) is 5.54 Å². The monoisotopic (exact) mass is 286 g/mol. The van der Waals surface area contributed by atoms with Gasteiger partial charge >= 0.3 is 5.97 Å². The van der Waals surface area contributed by atoms with E-state index in [0.717, 1.165) is 11.3 Å². The molecule has 5 heteroatoms. The highest BCUT2D eigenvalue weighted by atomic mass is 16.5. The first-order valence-corrected chi connectivity index (χ1v) is 6.51. The number of hydrogen-bond donors (Lipinski definition) is 1. The average molecular weight is 286 g/mol. The number of pyridine rings is 1. The molecule has 0 amide bonds. The zero-order valence-electron chi connectivity index (χ0n) is 12.3. The molecule has 0 aliphatic rings. The number of aromatic nitrogens is 1. The summed E-state index contributed by atoms with van der Waals surface area (Å²) in [5.41, 5.74) is 0.524. The number of nitrogens with one attached hydrogen (secondary N) is 1. The molecule has 0 spiro atoms. The molecule has 0 aliphatic carbocycles. The highest BCUT2D eigenvalue weighted by Crippen LogP contribution is 2.28. The van der Waals surface area contributed by atoms with Crippen LogP contribution in [0.15, 0.2) is 48.8 Å². The summed E-state index contributed by atoms with van der Waals surface area (Å²) >= 11 is 0. The fraction of sp³-hybridized carbons (Fsp3) is 0.250. The Kier molecular flexibility index (Phi) is 4.42. The maximum Gasteiger partial charge on any atom is 0.335 e. The minimum atomic E-state index is -1.01. The molecule has 1 aromatic carbocycles. The minimum Gasteiger partial charge on any atom is -0.497 e. The van der Waals surface area contributed by atoms with Crippen molar-refractivity contribution in [2.45, 2.75) is 12.5 Å². The maximum absolute atomic E-state index is 12.3. The molecule has 2 aromatic rings. The lowest BCUT2D eigenvalue weighted by molar-refractivity contribution is -0.145. The van der Waals surface area contributed by atoms with Crippen LogP contribution in [-0.2, 0) is 15.1 Å². The summed E-state index contributed by atoms with van der Waals surface area (Å²) in [7, 11) is 2.97. The minimum absolute atomic E-state index is 0.378. The van der Waals surface area contributed by atoms with E-state index in [9.17, 15) is 4.79 Å². The van der Waals surface area contributed by atoms with Gasteiger partial charge in [0, 0.05) is 24.1 Å². The largest absolute Gasteiger partial charge is 0.497 e. The number of esters is 1. The second-order valence-corrected chi connectivity index (χ2v) is 4.71. The molecule has 0 aliphatic heterocycles. The predicted octanol–water partition coefficient (Wildman–Crippen LogP) is 2.59. The van der Waals surface area contributed by atoms with Gasteiger partial charge in [-0.2, -0.15) is 0 Å². The molecule has 1 heterocycles. The van der Waals surface area contributed by atoms with Crippen LogP contribution in [0.4, 0.5) is 5.69 Å². The van der Waals surface area contributed by atoms with Crippen molar-refractivity contribution in [1.29, 1.82) is 0 Å². The van der Waals surface area contributed by atoms with Gasteiger partial charge in [0.1, 0.15) is 5.75 Å². The van der Waals surface area contributed by atoms with Gasteiger partial charge in [-0.3, -0.25) is 4.98 Å². The first-order chi connectivity index (χ1) is 10.1. The van der Waals surface area contributed by atoms with Crippen molar-refractivity contribution >= 4 is 11.7 Å². The molecule has 0 radical (unpaired) electrons. The van der Waals surface area contributed by atoms with Crippen molar-refractivity contribution in [2.24, 2.45) is 0 Å². The number of ether oxygens (including phenoxy) is 2. The van der Waals surface area contributed by atoms with Crippen molar-refractivity contribution in [3.8, 4) is 5.75 Å². The van der Waals surface area contributed by atoms with E-state index < -0.39 is 5.54 Å². The predicted molar refractivity (Wildman–Crippen MR) is 80.2 cm³/mol. The summed E-state index contributed by atoms with van der Waals surface area (Å²) in [6.07, 6.45) is 3.29. The number of carbonyl (C=O) groups is 1. The standard InChI is InChI=1S/C16H18N2O3/c1-16(15(19)21-3,12-7-9-17-10-8-12)18-13-5-4-6-14(11-13)20-2/h4-11,18H,1-3H3. The topological polar surface area (TPSA) is 60.5 Å². The number of rotatable bonds is 5. The van der Waals surface area contributed by atoms with Gasteiger partial charge in [-0.05, 0) is 36.8 Å². The van der Waals surface area contributed by atoms with Crippen LogP contribution in [0, 0.1) is 0 Å². The molecule has 0 saturated carbocycles. The fourth-order valence-corrected chi connectivity index (χ4v) is 2.12. The van der Waals surface area contributed by atoms with Crippen molar-refractivity contribution in [3.63, 3.8) is 0 Å². The normalized spacial score (nSPS) is 13.1. The Labute approximate surface area is 123 Å². The Morgan fingerprint density at radius 1 is 1.19 bits per heavy atom. The molecular weight excluding hydrogens is 268 g/mol. The summed E-state index contributed by atoms with van der Waals surface area (Å²) in [6, 6.07) is 10.9. The summed E-state index contributed by atoms with van der Waals surface area (Å²) < 4.78 is 10.1. The summed E-state index contributed by atoms with van der Waals surface area (Å²) in [6.45, 7) is 1.77. The molecule has 5 nitrogen and oxygen atoms in total. The smallest absolute Gasteiger partial charge is 0.335 e. The molecule has 1 aromatic heterocycles. The number of benzene rings is 1. The molecule has 0 bridgehead atoms. The Morgan fingerprint density at radius 3 is 2.52 bits per heavy atom. The van der Waals surface area contributed by atoms with Crippen molar-refractivity contribution < 1.29 is 14.3 Å². The van der Waals surface area contributed by atoms with Crippen LogP contribution in [0.5, 0.6) is 5.75 Å². The quantitative estimate of drug-likeness (QED) is 0.856. The lowest BCUT2D eigenvalue weighted by Crippen LogP contribution is -2.41. The second kappa shape index (κ2) is 6.26. The van der Waals surface area contributed by atoms with Crippen molar-refractivity contribution in [1.82, 2.24) is 4.98 Å². The molecule has 0 saturated heterocycles. The van der Waals surface area contributed by atoms with Gasteiger partial charge in [0.2, 0.25) is 0 Å². The highest BCUT2D eigenvalue weighted by Gasteiger charge is 2.36. The van der Waals surface area contributed by atoms with Crippen LogP contribution in [0.25, 0.3) is 0 Å². The highest BCUT2D eigenvalue weighted by molar-refractivity contribution is 5.85. The lowest BCUT2D eigenvalue weighted by Gasteiger charge is -2.29. The third-order valence-corrected chi connectivity index (χ3v) is 3.32. The maximum atomic E-state index is 12.3. The number of methoxy groups -OCH3 is 2. The average Bonchev–Trinajstić information content (AvgIpc) is 2.54. The van der Waals surface area contributed by atoms with Crippen LogP contribution in [0.1, 0.15) is 12.5 Å². The van der Waals surface area contributed by atoms with Gasteiger partial charge in [0.25, 0.3) is 0 Å². The zero-order valence-corrected chi connectivity index (χ0v) is 12.3. The van der Waals surface area contributed by atoms with Crippen LogP contribution in [-0.4, -0.2) is 25.2 Å². The van der Waals surface area contributed by atoms with E-state index in [2.05, 4.69) is 10.3 Å². The van der Waals surface area contributed by atoms with E-state index in [1.165, 1.54) is 7.11 Å². The summed E-state index contributed by atoms with van der Waals surface area (Å²) in [4.78, 5) is 16.2. The molecule has 1 N–H and O–H groups in total. The molecule has 110 valence electrons. The van der Waals surface area contributed by atoms with Crippen LogP contribution >= 0.6 is 0 Å². The van der Waals surface area contributed by atoms with E-state index in [4.69, 9.17) is 9.47 Å². The lowest BCUT2D eigenvalue weighted by atomic mass is 9.92. The van der Waals surface area contributed by atoms with Crippen LogP contribution in [0.3, 0.4) is 0 Å². The van der Waals surface area contributed by atoms with E-state index in [1.807, 2.05) is 24.3 Å². The van der Waals surface area contributed by atoms with E-state index in [-0.39, 0.29) is 5.97 Å². The van der Waals surface area contributed by atoms with Crippen molar-refractivity contribution in [3.05, 3.63) is 54.4 Å². The Morgan fingerprint density at radius 2 is 1.90 bits per heavy atom. The van der Waals surface area contributed by atoms with E-state index in [0.29, 0.717) is 5.75 Å². The molecular formula is C16H18N2O3.